The van der Waals surface area contributed by atoms with E-state index in [4.69, 9.17) is 9.72 Å². The molecule has 1 atom stereocenters. The highest BCUT2D eigenvalue weighted by molar-refractivity contribution is 5.68. The number of hydrogen-bond acceptors (Lipinski definition) is 5. The summed E-state index contributed by atoms with van der Waals surface area (Å²) in [6.07, 6.45) is 5.43. The largest absolute Gasteiger partial charge is 0.494 e. The quantitative estimate of drug-likeness (QED) is 0.541. The van der Waals surface area contributed by atoms with Crippen molar-refractivity contribution in [3.05, 3.63) is 53.0 Å². The van der Waals surface area contributed by atoms with E-state index in [1.807, 2.05) is 0 Å². The molecule has 0 aliphatic carbocycles. The van der Waals surface area contributed by atoms with Crippen LogP contribution in [0.2, 0.25) is 0 Å². The van der Waals surface area contributed by atoms with Crippen molar-refractivity contribution >= 4 is 11.8 Å². The van der Waals surface area contributed by atoms with Gasteiger partial charge in [0, 0.05) is 25.3 Å². The van der Waals surface area contributed by atoms with Crippen LogP contribution in [-0.4, -0.2) is 54.2 Å². The van der Waals surface area contributed by atoms with Crippen LogP contribution in [0, 0.1) is 11.7 Å². The topological polar surface area (TPSA) is 74.7 Å². The average Bonchev–Trinajstić information content (AvgIpc) is 2.76. The number of carboxylic acid groups (broad SMARTS) is 1. The van der Waals surface area contributed by atoms with Gasteiger partial charge in [0.2, 0.25) is 0 Å². The number of benzene rings is 1. The molecule has 1 saturated heterocycles. The average molecular weight is 442 g/mol. The molecule has 4 rings (SSSR count). The summed E-state index contributed by atoms with van der Waals surface area (Å²) in [5, 5.41) is 12.8. The van der Waals surface area contributed by atoms with Crippen LogP contribution in [0.5, 0.6) is 5.75 Å². The summed E-state index contributed by atoms with van der Waals surface area (Å²) in [7, 11) is 1.43. The first-order valence-electron chi connectivity index (χ1n) is 11.5. The van der Waals surface area contributed by atoms with Gasteiger partial charge in [0.05, 0.1) is 13.5 Å². The third-order valence-corrected chi connectivity index (χ3v) is 6.66. The Kier molecular flexibility index (Phi) is 7.25. The normalized spacial score (nSPS) is 17.2. The molecule has 1 unspecified atom stereocenters. The van der Waals surface area contributed by atoms with E-state index >= 15 is 0 Å². The predicted molar refractivity (Wildman–Crippen MR) is 122 cm³/mol. The van der Waals surface area contributed by atoms with E-state index < -0.39 is 11.8 Å². The summed E-state index contributed by atoms with van der Waals surface area (Å²) in [5.74, 6) is -0.0102. The number of rotatable bonds is 10. The van der Waals surface area contributed by atoms with Crippen LogP contribution in [0.25, 0.3) is 0 Å². The molecule has 1 aromatic carbocycles. The lowest BCUT2D eigenvalue weighted by Gasteiger charge is -2.43. The van der Waals surface area contributed by atoms with E-state index in [-0.39, 0.29) is 24.0 Å². The Morgan fingerprint density at radius 1 is 1.31 bits per heavy atom. The molecular formula is C25H32FN3O3. The smallest absolute Gasteiger partial charge is 0.303 e. The molecule has 2 aliphatic heterocycles. The summed E-state index contributed by atoms with van der Waals surface area (Å²) < 4.78 is 19.1. The number of likely N-dealkylation sites (tertiary alicyclic amines) is 1. The number of aromatic nitrogens is 1. The molecule has 7 heteroatoms. The van der Waals surface area contributed by atoms with Crippen molar-refractivity contribution in [2.75, 3.05) is 38.6 Å². The first kappa shape index (κ1) is 22.5. The Bertz CT molecular complexity index is 946. The van der Waals surface area contributed by atoms with E-state index in [9.17, 15) is 14.3 Å². The Labute approximate surface area is 188 Å². The SMILES string of the molecule is COc1ccc(C(CC(=O)O)C2CN(CCCCc3ccc4c(n3)NCCC4)C2)cc1F. The van der Waals surface area contributed by atoms with Crippen molar-refractivity contribution in [2.45, 2.75) is 44.4 Å². The Balaban J connectivity index is 1.24. The van der Waals surface area contributed by atoms with Gasteiger partial charge >= 0.3 is 5.97 Å². The lowest BCUT2D eigenvalue weighted by Crippen LogP contribution is -2.49. The second-order valence-electron chi connectivity index (χ2n) is 8.92. The number of pyridine rings is 1. The first-order chi connectivity index (χ1) is 15.5. The highest BCUT2D eigenvalue weighted by Gasteiger charge is 2.35. The summed E-state index contributed by atoms with van der Waals surface area (Å²) in [6, 6.07) is 9.15. The fourth-order valence-electron chi connectivity index (χ4n) is 4.85. The molecule has 2 aliphatic rings. The van der Waals surface area contributed by atoms with Gasteiger partial charge in [-0.1, -0.05) is 12.1 Å². The molecule has 3 heterocycles. The maximum Gasteiger partial charge on any atom is 0.303 e. The number of aliphatic carboxylic acids is 1. The maximum absolute atomic E-state index is 14.2. The van der Waals surface area contributed by atoms with Gasteiger partial charge in [0.15, 0.2) is 11.6 Å². The zero-order chi connectivity index (χ0) is 22.5. The number of unbranched alkanes of at least 4 members (excludes halogenated alkanes) is 1. The first-order valence-corrected chi connectivity index (χ1v) is 11.5. The van der Waals surface area contributed by atoms with Crippen molar-refractivity contribution in [2.24, 2.45) is 5.92 Å². The molecule has 1 aromatic heterocycles. The number of halogens is 1. The molecular weight excluding hydrogens is 409 g/mol. The number of carbonyl (C=O) groups is 1. The number of anilines is 1. The lowest BCUT2D eigenvalue weighted by atomic mass is 9.79. The third kappa shape index (κ3) is 5.38. The molecule has 6 nitrogen and oxygen atoms in total. The molecule has 2 N–H and O–H groups in total. The van der Waals surface area contributed by atoms with Gasteiger partial charge in [0.25, 0.3) is 0 Å². The molecule has 0 bridgehead atoms. The highest BCUT2D eigenvalue weighted by atomic mass is 19.1. The van der Waals surface area contributed by atoms with E-state index in [1.54, 1.807) is 12.1 Å². The third-order valence-electron chi connectivity index (χ3n) is 6.66. The monoisotopic (exact) mass is 441 g/mol. The molecule has 32 heavy (non-hydrogen) atoms. The van der Waals surface area contributed by atoms with Gasteiger partial charge in [-0.25, -0.2) is 9.37 Å². The van der Waals surface area contributed by atoms with Crippen LogP contribution in [0.15, 0.2) is 30.3 Å². The van der Waals surface area contributed by atoms with Crippen molar-refractivity contribution in [1.29, 1.82) is 0 Å². The van der Waals surface area contributed by atoms with Gasteiger partial charge in [-0.15, -0.1) is 0 Å². The lowest BCUT2D eigenvalue weighted by molar-refractivity contribution is -0.138. The van der Waals surface area contributed by atoms with Crippen LogP contribution < -0.4 is 10.1 Å². The van der Waals surface area contributed by atoms with Crippen molar-refractivity contribution in [3.63, 3.8) is 0 Å². The van der Waals surface area contributed by atoms with Gasteiger partial charge in [0.1, 0.15) is 5.82 Å². The molecule has 0 amide bonds. The fourth-order valence-corrected chi connectivity index (χ4v) is 4.85. The van der Waals surface area contributed by atoms with Crippen molar-refractivity contribution < 1.29 is 19.0 Å². The molecule has 1 fully saturated rings. The Hall–Kier alpha value is -2.67. The standard InChI is InChI=1S/C25H32FN3O3/c1-32-23-10-8-18(13-22(23)26)21(14-24(30)31)19-15-29(16-19)12-3-2-6-20-9-7-17-5-4-11-27-25(17)28-20/h7-10,13,19,21H,2-6,11-12,14-16H2,1H3,(H,27,28)(H,30,31). The molecule has 0 saturated carbocycles. The van der Waals surface area contributed by atoms with Crippen molar-refractivity contribution in [3.8, 4) is 5.75 Å². The van der Waals surface area contributed by atoms with Crippen LogP contribution in [0.1, 0.15) is 48.4 Å². The molecule has 172 valence electrons. The van der Waals surface area contributed by atoms with Crippen molar-refractivity contribution in [1.82, 2.24) is 9.88 Å². The molecule has 0 spiro atoms. The van der Waals surface area contributed by atoms with Gasteiger partial charge in [-0.3, -0.25) is 4.79 Å². The number of aryl methyl sites for hydroxylation is 2. The number of hydrogen-bond donors (Lipinski definition) is 2. The van der Waals surface area contributed by atoms with Crippen LogP contribution in [0.4, 0.5) is 10.2 Å². The fraction of sp³-hybridized carbons (Fsp3) is 0.520. The predicted octanol–water partition coefficient (Wildman–Crippen LogP) is 4.10. The van der Waals surface area contributed by atoms with Crippen LogP contribution in [0.3, 0.4) is 0 Å². The zero-order valence-corrected chi connectivity index (χ0v) is 18.6. The summed E-state index contributed by atoms with van der Waals surface area (Å²) in [6.45, 7) is 3.71. The minimum atomic E-state index is -0.850. The second-order valence-corrected chi connectivity index (χ2v) is 8.92. The summed E-state index contributed by atoms with van der Waals surface area (Å²) >= 11 is 0. The number of methoxy groups -OCH3 is 1. The minimum Gasteiger partial charge on any atom is -0.494 e. The Morgan fingerprint density at radius 2 is 2.16 bits per heavy atom. The number of carboxylic acids is 1. The number of nitrogens with one attached hydrogen (secondary N) is 1. The van der Waals surface area contributed by atoms with Gasteiger partial charge in [-0.05, 0) is 79.8 Å². The van der Waals surface area contributed by atoms with E-state index in [2.05, 4.69) is 22.3 Å². The van der Waals surface area contributed by atoms with Gasteiger partial charge in [-0.2, -0.15) is 0 Å². The van der Waals surface area contributed by atoms with Crippen LogP contribution >= 0.6 is 0 Å². The summed E-state index contributed by atoms with van der Waals surface area (Å²) in [4.78, 5) is 18.5. The van der Waals surface area contributed by atoms with E-state index in [0.717, 1.165) is 68.9 Å². The number of fused-ring (bicyclic) bond motifs is 1. The van der Waals surface area contributed by atoms with E-state index in [1.165, 1.54) is 25.2 Å². The molecule has 0 radical (unpaired) electrons. The highest BCUT2D eigenvalue weighted by Crippen LogP contribution is 2.36. The second kappa shape index (κ2) is 10.3. The summed E-state index contributed by atoms with van der Waals surface area (Å²) in [5.41, 5.74) is 3.20. The minimum absolute atomic E-state index is 0.0162. The van der Waals surface area contributed by atoms with Gasteiger partial charge < -0.3 is 20.1 Å². The number of nitrogens with zero attached hydrogens (tertiary/aromatic N) is 2. The number of ether oxygens (including phenoxy) is 1. The van der Waals surface area contributed by atoms with Crippen LogP contribution in [-0.2, 0) is 17.6 Å². The zero-order valence-electron chi connectivity index (χ0n) is 18.6. The Morgan fingerprint density at radius 3 is 2.91 bits per heavy atom. The molecule has 2 aromatic rings. The van der Waals surface area contributed by atoms with E-state index in [0.29, 0.717) is 0 Å². The maximum atomic E-state index is 14.2.